The number of nitrogens with zero attached hydrogens (tertiary/aromatic N) is 2. The third-order valence-corrected chi connectivity index (χ3v) is 4.94. The maximum Gasteiger partial charge on any atom is 0.255 e. The highest BCUT2D eigenvalue weighted by atomic mass is 19.1. The van der Waals surface area contributed by atoms with Crippen LogP contribution in [0.5, 0.6) is 0 Å². The molecule has 0 aliphatic rings. The molecule has 3 aromatic carbocycles. The van der Waals surface area contributed by atoms with Crippen molar-refractivity contribution in [1.82, 2.24) is 4.90 Å². The van der Waals surface area contributed by atoms with Gasteiger partial charge in [0, 0.05) is 11.6 Å². The molecule has 0 bridgehead atoms. The number of hydrogen-bond acceptors (Lipinski definition) is 3. The first-order valence-corrected chi connectivity index (χ1v) is 9.45. The Hall–Kier alpha value is -4.05. The second-order valence-electron chi connectivity index (χ2n) is 7.00. The number of nitrogens with two attached hydrogens (primary N) is 1. The standard InChI is InChI=1S/C24H19F2N3O2/c1-15(19-11-20(25)13-21(26)12-19)29(22(23(28)30)17-5-3-2-4-6-17)24(31)18-9-7-16(14-27)8-10-18/h2-13,15,22H,1H3,(H2,28,30)/t15-,22-/m1/s1. The van der Waals surface area contributed by atoms with Gasteiger partial charge in [0.2, 0.25) is 5.91 Å². The fourth-order valence-electron chi connectivity index (χ4n) is 3.43. The van der Waals surface area contributed by atoms with Gasteiger partial charge in [-0.25, -0.2) is 8.78 Å². The van der Waals surface area contributed by atoms with Crippen LogP contribution in [0.25, 0.3) is 0 Å². The molecule has 5 nitrogen and oxygen atoms in total. The van der Waals surface area contributed by atoms with Gasteiger partial charge in [0.1, 0.15) is 17.7 Å². The van der Waals surface area contributed by atoms with Gasteiger partial charge < -0.3 is 10.6 Å². The molecule has 2 amide bonds. The van der Waals surface area contributed by atoms with Crippen LogP contribution >= 0.6 is 0 Å². The van der Waals surface area contributed by atoms with Gasteiger partial charge in [0.05, 0.1) is 17.7 Å². The molecule has 0 heterocycles. The Kier molecular flexibility index (Phi) is 6.41. The zero-order chi connectivity index (χ0) is 22.5. The molecular formula is C24H19F2N3O2. The van der Waals surface area contributed by atoms with Crippen LogP contribution in [0.3, 0.4) is 0 Å². The molecule has 3 aromatic rings. The first-order valence-electron chi connectivity index (χ1n) is 9.45. The van der Waals surface area contributed by atoms with Gasteiger partial charge in [-0.3, -0.25) is 9.59 Å². The fraction of sp³-hybridized carbons (Fsp3) is 0.125. The van der Waals surface area contributed by atoms with Crippen molar-refractivity contribution in [3.05, 3.63) is 107 Å². The van der Waals surface area contributed by atoms with Crippen LogP contribution in [-0.4, -0.2) is 16.7 Å². The summed E-state index contributed by atoms with van der Waals surface area (Å²) in [5.41, 5.74) is 6.87. The second-order valence-corrected chi connectivity index (χ2v) is 7.00. The van der Waals surface area contributed by atoms with E-state index in [9.17, 15) is 18.4 Å². The predicted octanol–water partition coefficient (Wildman–Crippen LogP) is 4.27. The van der Waals surface area contributed by atoms with Gasteiger partial charge >= 0.3 is 0 Å². The van der Waals surface area contributed by atoms with Crippen LogP contribution in [0.15, 0.2) is 72.8 Å². The van der Waals surface area contributed by atoms with E-state index in [0.717, 1.165) is 18.2 Å². The molecular weight excluding hydrogens is 400 g/mol. The Bertz CT molecular complexity index is 1120. The summed E-state index contributed by atoms with van der Waals surface area (Å²) >= 11 is 0. The number of carbonyl (C=O) groups excluding carboxylic acids is 2. The largest absolute Gasteiger partial charge is 0.368 e. The number of amides is 2. The van der Waals surface area contributed by atoms with Crippen molar-refractivity contribution in [3.63, 3.8) is 0 Å². The summed E-state index contributed by atoms with van der Waals surface area (Å²) in [6.45, 7) is 1.56. The maximum absolute atomic E-state index is 13.9. The third kappa shape index (κ3) is 4.75. The SMILES string of the molecule is C[C@H](c1cc(F)cc(F)c1)N(C(=O)c1ccc(C#N)cc1)[C@@H](C(N)=O)c1ccccc1. The van der Waals surface area contributed by atoms with Crippen molar-refractivity contribution >= 4 is 11.8 Å². The van der Waals surface area contributed by atoms with Crippen molar-refractivity contribution in [2.75, 3.05) is 0 Å². The molecule has 3 rings (SSSR count). The van der Waals surface area contributed by atoms with Crippen LogP contribution in [-0.2, 0) is 4.79 Å². The number of hydrogen-bond donors (Lipinski definition) is 1. The summed E-state index contributed by atoms with van der Waals surface area (Å²) in [5, 5.41) is 9.00. The second kappa shape index (κ2) is 9.18. The molecule has 0 radical (unpaired) electrons. The Morgan fingerprint density at radius 3 is 2.03 bits per heavy atom. The lowest BCUT2D eigenvalue weighted by molar-refractivity contribution is -0.123. The van der Waals surface area contributed by atoms with Crippen LogP contribution < -0.4 is 5.73 Å². The minimum Gasteiger partial charge on any atom is -0.368 e. The van der Waals surface area contributed by atoms with Crippen LogP contribution in [0.4, 0.5) is 8.78 Å². The summed E-state index contributed by atoms with van der Waals surface area (Å²) < 4.78 is 27.8. The van der Waals surface area contributed by atoms with Gasteiger partial charge in [-0.15, -0.1) is 0 Å². The Morgan fingerprint density at radius 2 is 1.52 bits per heavy atom. The van der Waals surface area contributed by atoms with Gasteiger partial charge in [0.15, 0.2) is 0 Å². The van der Waals surface area contributed by atoms with Crippen molar-refractivity contribution in [2.45, 2.75) is 19.0 Å². The van der Waals surface area contributed by atoms with E-state index >= 15 is 0 Å². The summed E-state index contributed by atoms with van der Waals surface area (Å²) in [6, 6.07) is 17.1. The Labute approximate surface area is 178 Å². The van der Waals surface area contributed by atoms with Crippen LogP contribution in [0, 0.1) is 23.0 Å². The first-order chi connectivity index (χ1) is 14.8. The van der Waals surface area contributed by atoms with Gasteiger partial charge in [0.25, 0.3) is 5.91 Å². The quantitative estimate of drug-likeness (QED) is 0.647. The number of benzene rings is 3. The Morgan fingerprint density at radius 1 is 0.935 bits per heavy atom. The van der Waals surface area contributed by atoms with E-state index in [1.165, 1.54) is 29.2 Å². The molecule has 0 fully saturated rings. The summed E-state index contributed by atoms with van der Waals surface area (Å²) in [6.07, 6.45) is 0. The van der Waals surface area contributed by atoms with Gasteiger partial charge in [-0.1, -0.05) is 30.3 Å². The number of rotatable bonds is 6. The van der Waals surface area contributed by atoms with Crippen molar-refractivity contribution in [1.29, 1.82) is 5.26 Å². The normalized spacial score (nSPS) is 12.5. The molecule has 0 saturated carbocycles. The molecule has 2 N–H and O–H groups in total. The average molecular weight is 419 g/mol. The number of carbonyl (C=O) groups is 2. The van der Waals surface area contributed by atoms with Gasteiger partial charge in [-0.2, -0.15) is 5.26 Å². The topological polar surface area (TPSA) is 87.2 Å². The smallest absolute Gasteiger partial charge is 0.255 e. The maximum atomic E-state index is 13.9. The number of nitriles is 1. The van der Waals surface area contributed by atoms with E-state index in [1.54, 1.807) is 37.3 Å². The van der Waals surface area contributed by atoms with E-state index in [2.05, 4.69) is 0 Å². The monoisotopic (exact) mass is 419 g/mol. The Balaban J connectivity index is 2.15. The van der Waals surface area contributed by atoms with Crippen LogP contribution in [0.2, 0.25) is 0 Å². The lowest BCUT2D eigenvalue weighted by Crippen LogP contribution is -2.43. The molecule has 0 aliphatic heterocycles. The molecule has 31 heavy (non-hydrogen) atoms. The molecule has 0 unspecified atom stereocenters. The van der Waals surface area contributed by atoms with Crippen molar-refractivity contribution < 1.29 is 18.4 Å². The van der Waals surface area contributed by atoms with Crippen molar-refractivity contribution in [2.24, 2.45) is 5.73 Å². The summed E-state index contributed by atoms with van der Waals surface area (Å²) in [4.78, 5) is 27.2. The lowest BCUT2D eigenvalue weighted by Gasteiger charge is -2.35. The zero-order valence-electron chi connectivity index (χ0n) is 16.6. The minimum absolute atomic E-state index is 0.168. The van der Waals surface area contributed by atoms with E-state index < -0.39 is 35.5 Å². The molecule has 0 saturated heterocycles. The van der Waals surface area contributed by atoms with Crippen LogP contribution in [0.1, 0.15) is 46.1 Å². The van der Waals surface area contributed by atoms with E-state index in [-0.39, 0.29) is 11.1 Å². The van der Waals surface area contributed by atoms with Crippen molar-refractivity contribution in [3.8, 4) is 6.07 Å². The van der Waals surface area contributed by atoms with E-state index in [4.69, 9.17) is 11.0 Å². The third-order valence-electron chi connectivity index (χ3n) is 4.94. The van der Waals surface area contributed by atoms with E-state index in [0.29, 0.717) is 11.1 Å². The zero-order valence-corrected chi connectivity index (χ0v) is 16.6. The summed E-state index contributed by atoms with van der Waals surface area (Å²) in [5.74, 6) is -2.97. The average Bonchev–Trinajstić information content (AvgIpc) is 2.76. The first kappa shape index (κ1) is 21.7. The fourth-order valence-corrected chi connectivity index (χ4v) is 3.43. The highest BCUT2D eigenvalue weighted by Crippen LogP contribution is 2.33. The van der Waals surface area contributed by atoms with E-state index in [1.807, 2.05) is 6.07 Å². The highest BCUT2D eigenvalue weighted by Gasteiger charge is 2.35. The minimum atomic E-state index is -1.19. The number of halogens is 2. The molecule has 2 atom stereocenters. The predicted molar refractivity (Wildman–Crippen MR) is 110 cm³/mol. The van der Waals surface area contributed by atoms with Gasteiger partial charge in [-0.05, 0) is 54.4 Å². The number of primary amides is 1. The molecule has 0 aliphatic carbocycles. The highest BCUT2D eigenvalue weighted by molar-refractivity contribution is 5.98. The molecule has 156 valence electrons. The summed E-state index contributed by atoms with van der Waals surface area (Å²) in [7, 11) is 0. The lowest BCUT2D eigenvalue weighted by atomic mass is 9.97. The molecule has 7 heteroatoms. The molecule has 0 spiro atoms. The molecule has 0 aromatic heterocycles.